The number of hydrogen-bond acceptors (Lipinski definition) is 4. The lowest BCUT2D eigenvalue weighted by Crippen LogP contribution is -2.32. The Kier molecular flexibility index (Phi) is 3.69. The van der Waals surface area contributed by atoms with E-state index in [2.05, 4.69) is 28.0 Å². The van der Waals surface area contributed by atoms with E-state index in [1.807, 2.05) is 6.92 Å². The Hall–Kier alpha value is -1.00. The van der Waals surface area contributed by atoms with Gasteiger partial charge in [0.15, 0.2) is 5.82 Å². The summed E-state index contributed by atoms with van der Waals surface area (Å²) in [6.07, 6.45) is 2.38. The third kappa shape index (κ3) is 3.06. The van der Waals surface area contributed by atoms with Crippen LogP contribution in [-0.2, 0) is 5.60 Å². The van der Waals surface area contributed by atoms with E-state index < -0.39 is 5.60 Å². The highest BCUT2D eigenvalue weighted by Crippen LogP contribution is 2.26. The minimum absolute atomic E-state index is 0.464. The summed E-state index contributed by atoms with van der Waals surface area (Å²) in [6, 6.07) is 2.05. The van der Waals surface area contributed by atoms with Crippen LogP contribution >= 0.6 is 0 Å². The van der Waals surface area contributed by atoms with Crippen molar-refractivity contribution in [3.05, 3.63) is 23.3 Å². The molecule has 0 saturated carbocycles. The topological polar surface area (TPSA) is 49.2 Å². The molecule has 0 amide bonds. The summed E-state index contributed by atoms with van der Waals surface area (Å²) in [5, 5.41) is 10.1. The smallest absolute Gasteiger partial charge is 0.159 e. The average molecular weight is 249 g/mol. The molecule has 1 aliphatic rings. The number of aryl methyl sites for hydroxylation is 1. The predicted molar refractivity (Wildman–Crippen MR) is 71.5 cm³/mol. The highest BCUT2D eigenvalue weighted by molar-refractivity contribution is 5.17. The summed E-state index contributed by atoms with van der Waals surface area (Å²) in [7, 11) is 2.15. The first-order chi connectivity index (χ1) is 8.36. The highest BCUT2D eigenvalue weighted by atomic mass is 16.3. The molecule has 2 rings (SSSR count). The van der Waals surface area contributed by atoms with Crippen molar-refractivity contribution in [1.29, 1.82) is 0 Å². The van der Waals surface area contributed by atoms with Gasteiger partial charge in [-0.05, 0) is 53.3 Å². The lowest BCUT2D eigenvalue weighted by atomic mass is 9.94. The molecule has 1 aromatic rings. The van der Waals surface area contributed by atoms with Crippen LogP contribution in [0.25, 0.3) is 0 Å². The summed E-state index contributed by atoms with van der Waals surface area (Å²) in [5.74, 6) is 0.997. The molecular formula is C14H23N3O. The zero-order valence-corrected chi connectivity index (χ0v) is 11.8. The number of piperidine rings is 1. The molecule has 1 saturated heterocycles. The highest BCUT2D eigenvalue weighted by Gasteiger charge is 2.25. The Morgan fingerprint density at radius 2 is 2.11 bits per heavy atom. The van der Waals surface area contributed by atoms with Gasteiger partial charge in [-0.15, -0.1) is 0 Å². The van der Waals surface area contributed by atoms with E-state index in [4.69, 9.17) is 0 Å². The summed E-state index contributed by atoms with van der Waals surface area (Å²) in [6.45, 7) is 7.64. The van der Waals surface area contributed by atoms with Crippen LogP contribution in [0.15, 0.2) is 6.07 Å². The molecule has 4 nitrogen and oxygen atoms in total. The van der Waals surface area contributed by atoms with Crippen LogP contribution in [0.3, 0.4) is 0 Å². The summed E-state index contributed by atoms with van der Waals surface area (Å²) in [4.78, 5) is 11.3. The van der Waals surface area contributed by atoms with Gasteiger partial charge in [-0.2, -0.15) is 0 Å². The van der Waals surface area contributed by atoms with Gasteiger partial charge >= 0.3 is 0 Å². The van der Waals surface area contributed by atoms with Crippen LogP contribution in [0.1, 0.15) is 49.8 Å². The Bertz CT molecular complexity index is 426. The molecule has 1 atom stereocenters. The monoisotopic (exact) mass is 249 g/mol. The second kappa shape index (κ2) is 4.94. The molecule has 0 radical (unpaired) electrons. The van der Waals surface area contributed by atoms with E-state index in [0.29, 0.717) is 11.7 Å². The van der Waals surface area contributed by atoms with Gasteiger partial charge in [0.05, 0.1) is 0 Å². The average Bonchev–Trinajstić information content (AvgIpc) is 2.27. The second-order valence-electron chi connectivity index (χ2n) is 5.92. The van der Waals surface area contributed by atoms with E-state index in [1.165, 1.54) is 19.4 Å². The number of likely N-dealkylation sites (tertiary alicyclic amines) is 1. The number of likely N-dealkylation sites (N-methyl/N-ethyl adjacent to an activating group) is 1. The van der Waals surface area contributed by atoms with E-state index in [-0.39, 0.29) is 0 Å². The molecule has 1 fully saturated rings. The Morgan fingerprint density at radius 1 is 1.39 bits per heavy atom. The minimum Gasteiger partial charge on any atom is -0.382 e. The SMILES string of the molecule is Cc1cc(C2CCCN(C)C2)nc(C(C)(C)O)n1. The van der Waals surface area contributed by atoms with Crippen LogP contribution in [0.5, 0.6) is 0 Å². The van der Waals surface area contributed by atoms with E-state index in [0.717, 1.165) is 17.9 Å². The molecule has 0 aliphatic carbocycles. The van der Waals surface area contributed by atoms with E-state index in [1.54, 1.807) is 13.8 Å². The quantitative estimate of drug-likeness (QED) is 0.868. The van der Waals surface area contributed by atoms with Crippen molar-refractivity contribution in [3.8, 4) is 0 Å². The van der Waals surface area contributed by atoms with E-state index >= 15 is 0 Å². The molecule has 0 spiro atoms. The lowest BCUT2D eigenvalue weighted by Gasteiger charge is -2.30. The van der Waals surface area contributed by atoms with Gasteiger partial charge in [0, 0.05) is 23.9 Å². The van der Waals surface area contributed by atoms with Gasteiger partial charge in [-0.25, -0.2) is 9.97 Å². The van der Waals surface area contributed by atoms with Crippen molar-refractivity contribution in [2.24, 2.45) is 0 Å². The van der Waals surface area contributed by atoms with Crippen LogP contribution in [0, 0.1) is 6.92 Å². The fraction of sp³-hybridized carbons (Fsp3) is 0.714. The van der Waals surface area contributed by atoms with Gasteiger partial charge in [0.1, 0.15) is 5.60 Å². The maximum atomic E-state index is 10.1. The van der Waals surface area contributed by atoms with Gasteiger partial charge in [-0.3, -0.25) is 0 Å². The van der Waals surface area contributed by atoms with Crippen molar-refractivity contribution in [1.82, 2.24) is 14.9 Å². The van der Waals surface area contributed by atoms with Gasteiger partial charge in [0.25, 0.3) is 0 Å². The molecule has 4 heteroatoms. The van der Waals surface area contributed by atoms with Crippen LogP contribution < -0.4 is 0 Å². The van der Waals surface area contributed by atoms with Gasteiger partial charge < -0.3 is 10.0 Å². The molecule has 0 bridgehead atoms. The second-order valence-corrected chi connectivity index (χ2v) is 5.92. The molecule has 1 unspecified atom stereocenters. The Labute approximate surface area is 109 Å². The molecule has 2 heterocycles. The van der Waals surface area contributed by atoms with Crippen molar-refractivity contribution in [3.63, 3.8) is 0 Å². The standard InChI is InChI=1S/C14H23N3O/c1-10-8-12(11-6-5-7-17(4)9-11)16-13(15-10)14(2,3)18/h8,11,18H,5-7,9H2,1-4H3. The number of aliphatic hydroxyl groups is 1. The number of rotatable bonds is 2. The van der Waals surface area contributed by atoms with Crippen LogP contribution in [0.4, 0.5) is 0 Å². The molecule has 1 N–H and O–H groups in total. The summed E-state index contributed by atoms with van der Waals surface area (Å²) in [5.41, 5.74) is 1.04. The van der Waals surface area contributed by atoms with Crippen molar-refractivity contribution in [2.75, 3.05) is 20.1 Å². The maximum Gasteiger partial charge on any atom is 0.159 e. The zero-order chi connectivity index (χ0) is 13.3. The first-order valence-corrected chi connectivity index (χ1v) is 6.63. The molecule has 100 valence electrons. The molecule has 1 aromatic heterocycles. The Balaban J connectivity index is 2.30. The number of nitrogens with zero attached hydrogens (tertiary/aromatic N) is 3. The van der Waals surface area contributed by atoms with Crippen molar-refractivity contribution < 1.29 is 5.11 Å². The normalized spacial score (nSPS) is 22.2. The fourth-order valence-electron chi connectivity index (χ4n) is 2.48. The molecule has 18 heavy (non-hydrogen) atoms. The lowest BCUT2D eigenvalue weighted by molar-refractivity contribution is 0.0680. The van der Waals surface area contributed by atoms with Crippen molar-refractivity contribution >= 4 is 0 Å². The van der Waals surface area contributed by atoms with Gasteiger partial charge in [0.2, 0.25) is 0 Å². The molecule has 1 aliphatic heterocycles. The molecular weight excluding hydrogens is 226 g/mol. The Morgan fingerprint density at radius 3 is 2.72 bits per heavy atom. The third-order valence-corrected chi connectivity index (χ3v) is 3.46. The third-order valence-electron chi connectivity index (χ3n) is 3.46. The first kappa shape index (κ1) is 13.4. The van der Waals surface area contributed by atoms with Crippen molar-refractivity contribution in [2.45, 2.75) is 45.1 Å². The first-order valence-electron chi connectivity index (χ1n) is 6.63. The van der Waals surface area contributed by atoms with E-state index in [9.17, 15) is 5.11 Å². The minimum atomic E-state index is -0.971. The fourth-order valence-corrected chi connectivity index (χ4v) is 2.48. The number of hydrogen-bond donors (Lipinski definition) is 1. The maximum absolute atomic E-state index is 10.1. The van der Waals surface area contributed by atoms with Crippen LogP contribution in [0.2, 0.25) is 0 Å². The number of aromatic nitrogens is 2. The van der Waals surface area contributed by atoms with Crippen LogP contribution in [-0.4, -0.2) is 40.1 Å². The predicted octanol–water partition coefficient (Wildman–Crippen LogP) is 1.82. The largest absolute Gasteiger partial charge is 0.382 e. The molecule has 0 aromatic carbocycles. The summed E-state index contributed by atoms with van der Waals surface area (Å²) >= 11 is 0. The zero-order valence-electron chi connectivity index (χ0n) is 11.8. The summed E-state index contributed by atoms with van der Waals surface area (Å²) < 4.78 is 0. The van der Waals surface area contributed by atoms with Gasteiger partial charge in [-0.1, -0.05) is 0 Å².